The summed E-state index contributed by atoms with van der Waals surface area (Å²) >= 11 is 0. The minimum absolute atomic E-state index is 0.185. The maximum Gasteiger partial charge on any atom is 0.336 e. The van der Waals surface area contributed by atoms with E-state index in [9.17, 15) is 9.59 Å². The van der Waals surface area contributed by atoms with Crippen molar-refractivity contribution in [2.45, 2.75) is 40.5 Å². The van der Waals surface area contributed by atoms with Crippen molar-refractivity contribution >= 4 is 11.9 Å². The van der Waals surface area contributed by atoms with Gasteiger partial charge in [0.2, 0.25) is 0 Å². The Morgan fingerprint density at radius 2 is 1.50 bits per heavy atom. The summed E-state index contributed by atoms with van der Waals surface area (Å²) in [6, 6.07) is 5.33. The summed E-state index contributed by atoms with van der Waals surface area (Å²) in [5.74, 6) is -0.363. The molecular formula is C25H30N2O7. The van der Waals surface area contributed by atoms with Gasteiger partial charge in [-0.25, -0.2) is 9.59 Å². The number of methoxy groups -OCH3 is 2. The Bertz CT molecular complexity index is 1120. The first-order chi connectivity index (χ1) is 16.3. The summed E-state index contributed by atoms with van der Waals surface area (Å²) in [7, 11) is 3.09. The second-order valence-corrected chi connectivity index (χ2v) is 7.65. The van der Waals surface area contributed by atoms with E-state index in [1.165, 1.54) is 0 Å². The minimum Gasteiger partial charge on any atom is -0.493 e. The molecule has 1 N–H and O–H groups in total. The van der Waals surface area contributed by atoms with Crippen molar-refractivity contribution in [3.8, 4) is 22.8 Å². The number of carbonyl (C=O) groups excluding carboxylic acids is 2. The number of hydrogen-bond acceptors (Lipinski definition) is 9. The molecule has 0 aliphatic carbocycles. The number of aryl methyl sites for hydroxylation is 1. The van der Waals surface area contributed by atoms with Gasteiger partial charge in [0.05, 0.1) is 44.5 Å². The third-order valence-corrected chi connectivity index (χ3v) is 5.60. The summed E-state index contributed by atoms with van der Waals surface area (Å²) in [5.41, 5.74) is 3.45. The molecule has 0 saturated heterocycles. The van der Waals surface area contributed by atoms with Crippen molar-refractivity contribution in [3.63, 3.8) is 0 Å². The Morgan fingerprint density at radius 1 is 0.941 bits per heavy atom. The summed E-state index contributed by atoms with van der Waals surface area (Å²) in [6.07, 6.45) is 0. The number of carbonyl (C=O) groups is 2. The molecule has 9 heteroatoms. The van der Waals surface area contributed by atoms with Gasteiger partial charge in [-0.15, -0.1) is 0 Å². The Kier molecular flexibility index (Phi) is 7.65. The second kappa shape index (κ2) is 10.5. The van der Waals surface area contributed by atoms with E-state index < -0.39 is 17.9 Å². The van der Waals surface area contributed by atoms with Crippen LogP contribution in [0.5, 0.6) is 11.5 Å². The van der Waals surface area contributed by atoms with Crippen LogP contribution >= 0.6 is 0 Å². The third-order valence-electron chi connectivity index (χ3n) is 5.60. The number of rotatable bonds is 8. The van der Waals surface area contributed by atoms with E-state index in [1.54, 1.807) is 61.0 Å². The molecule has 0 fully saturated rings. The zero-order valence-corrected chi connectivity index (χ0v) is 20.5. The van der Waals surface area contributed by atoms with Crippen molar-refractivity contribution in [2.24, 2.45) is 0 Å². The molecule has 3 rings (SSSR count). The highest BCUT2D eigenvalue weighted by atomic mass is 16.5. The summed E-state index contributed by atoms with van der Waals surface area (Å²) in [5, 5.41) is 7.41. The third kappa shape index (κ3) is 4.50. The first kappa shape index (κ1) is 24.9. The molecular weight excluding hydrogens is 440 g/mol. The summed E-state index contributed by atoms with van der Waals surface area (Å²) in [6.45, 7) is 9.10. The maximum atomic E-state index is 13.1. The smallest absolute Gasteiger partial charge is 0.336 e. The predicted octanol–water partition coefficient (Wildman–Crippen LogP) is 4.03. The Morgan fingerprint density at radius 3 is 2.00 bits per heavy atom. The topological polar surface area (TPSA) is 109 Å². The summed E-state index contributed by atoms with van der Waals surface area (Å²) < 4.78 is 27.1. The molecule has 2 aromatic rings. The Balaban J connectivity index is 2.29. The highest BCUT2D eigenvalue weighted by molar-refractivity contribution is 6.00. The second-order valence-electron chi connectivity index (χ2n) is 7.65. The van der Waals surface area contributed by atoms with Gasteiger partial charge in [-0.05, 0) is 52.8 Å². The lowest BCUT2D eigenvalue weighted by atomic mass is 9.78. The van der Waals surface area contributed by atoms with Crippen molar-refractivity contribution in [1.82, 2.24) is 10.5 Å². The quantitative estimate of drug-likeness (QED) is 0.572. The number of allylic oxidation sites excluding steroid dienone is 2. The molecule has 0 spiro atoms. The minimum atomic E-state index is -0.811. The van der Waals surface area contributed by atoms with Gasteiger partial charge in [-0.2, -0.15) is 0 Å². The van der Waals surface area contributed by atoms with Crippen LogP contribution in [0.4, 0.5) is 0 Å². The first-order valence-corrected chi connectivity index (χ1v) is 11.0. The molecule has 0 saturated carbocycles. The fourth-order valence-corrected chi connectivity index (χ4v) is 4.15. The molecule has 34 heavy (non-hydrogen) atoms. The van der Waals surface area contributed by atoms with E-state index in [2.05, 4.69) is 10.5 Å². The number of nitrogens with one attached hydrogen (secondary N) is 1. The van der Waals surface area contributed by atoms with Crippen LogP contribution in [0.3, 0.4) is 0 Å². The molecule has 9 nitrogen and oxygen atoms in total. The highest BCUT2D eigenvalue weighted by Crippen LogP contribution is 2.45. The van der Waals surface area contributed by atoms with E-state index in [1.807, 2.05) is 6.07 Å². The highest BCUT2D eigenvalue weighted by Gasteiger charge is 2.41. The predicted molar refractivity (Wildman–Crippen MR) is 124 cm³/mol. The molecule has 0 bridgehead atoms. The molecule has 2 heterocycles. The van der Waals surface area contributed by atoms with E-state index in [0.29, 0.717) is 56.6 Å². The zero-order valence-electron chi connectivity index (χ0n) is 20.5. The van der Waals surface area contributed by atoms with Crippen LogP contribution < -0.4 is 14.8 Å². The van der Waals surface area contributed by atoms with Crippen molar-refractivity contribution in [2.75, 3.05) is 27.4 Å². The van der Waals surface area contributed by atoms with Gasteiger partial charge < -0.3 is 28.8 Å². The van der Waals surface area contributed by atoms with E-state index in [-0.39, 0.29) is 13.2 Å². The molecule has 0 atom stereocenters. The Hall–Kier alpha value is -3.75. The fraction of sp³-hybridized carbons (Fsp3) is 0.400. The molecule has 1 aromatic heterocycles. The van der Waals surface area contributed by atoms with Gasteiger partial charge in [-0.3, -0.25) is 0 Å². The normalized spacial score (nSPS) is 14.1. The molecule has 0 radical (unpaired) electrons. The lowest BCUT2D eigenvalue weighted by Gasteiger charge is -2.30. The van der Waals surface area contributed by atoms with Crippen LogP contribution in [0, 0.1) is 6.92 Å². The number of nitrogens with zero attached hydrogens (tertiary/aromatic N) is 1. The van der Waals surface area contributed by atoms with Crippen LogP contribution in [0.25, 0.3) is 11.3 Å². The average molecular weight is 471 g/mol. The number of ether oxygens (including phenoxy) is 4. The van der Waals surface area contributed by atoms with Crippen LogP contribution in [0.2, 0.25) is 0 Å². The molecule has 0 amide bonds. The van der Waals surface area contributed by atoms with Gasteiger partial charge in [0.1, 0.15) is 11.5 Å². The van der Waals surface area contributed by atoms with Gasteiger partial charge in [0, 0.05) is 22.5 Å². The first-order valence-electron chi connectivity index (χ1n) is 11.0. The standard InChI is InChI=1S/C25H30N2O7/c1-8-32-24(28)19-13(3)26-14(4)20(25(29)33-9-2)22(19)21-15(5)34-27-23(21)16-10-11-17(30-6)18(12-16)31-7/h10-12,22,26H,8-9H2,1-7H3. The van der Waals surface area contributed by atoms with Crippen molar-refractivity contribution in [1.29, 1.82) is 0 Å². The van der Waals surface area contributed by atoms with Crippen LogP contribution in [-0.4, -0.2) is 44.5 Å². The maximum absolute atomic E-state index is 13.1. The van der Waals surface area contributed by atoms with Crippen LogP contribution in [0.1, 0.15) is 44.9 Å². The monoisotopic (exact) mass is 470 g/mol. The fourth-order valence-electron chi connectivity index (χ4n) is 4.15. The number of benzene rings is 1. The number of esters is 2. The number of hydrogen-bond donors (Lipinski definition) is 1. The lowest BCUT2D eigenvalue weighted by Crippen LogP contribution is -2.33. The molecule has 1 aliphatic rings. The zero-order chi connectivity index (χ0) is 25.0. The van der Waals surface area contributed by atoms with E-state index in [4.69, 9.17) is 23.5 Å². The molecule has 0 unspecified atom stereocenters. The largest absolute Gasteiger partial charge is 0.493 e. The average Bonchev–Trinajstić information content (AvgIpc) is 3.19. The number of aromatic nitrogens is 1. The van der Waals surface area contributed by atoms with E-state index in [0.717, 1.165) is 0 Å². The SMILES string of the molecule is CCOC(=O)C1=C(C)NC(C)=C(C(=O)OCC)C1c1c(-c2ccc(OC)c(OC)c2)noc1C. The van der Waals surface area contributed by atoms with Crippen molar-refractivity contribution < 1.29 is 33.1 Å². The molecule has 1 aliphatic heterocycles. The lowest BCUT2D eigenvalue weighted by molar-refractivity contribution is -0.139. The van der Waals surface area contributed by atoms with Crippen molar-refractivity contribution in [3.05, 3.63) is 52.1 Å². The number of dihydropyridines is 1. The Labute approximate surface area is 198 Å². The van der Waals surface area contributed by atoms with Gasteiger partial charge in [0.25, 0.3) is 0 Å². The van der Waals surface area contributed by atoms with E-state index >= 15 is 0 Å². The molecule has 182 valence electrons. The summed E-state index contributed by atoms with van der Waals surface area (Å²) in [4.78, 5) is 26.2. The van der Waals surface area contributed by atoms with Crippen LogP contribution in [-0.2, 0) is 19.1 Å². The van der Waals surface area contributed by atoms with Crippen LogP contribution in [0.15, 0.2) is 45.3 Å². The van der Waals surface area contributed by atoms with Gasteiger partial charge in [-0.1, -0.05) is 5.16 Å². The van der Waals surface area contributed by atoms with Gasteiger partial charge in [0.15, 0.2) is 11.5 Å². The van der Waals surface area contributed by atoms with Gasteiger partial charge >= 0.3 is 11.9 Å². The molecule has 1 aromatic carbocycles.